The predicted molar refractivity (Wildman–Crippen MR) is 109 cm³/mol. The van der Waals surface area contributed by atoms with E-state index in [2.05, 4.69) is 20.6 Å². The molecule has 9 heteroatoms. The second-order valence-electron chi connectivity index (χ2n) is 6.47. The Bertz CT molecular complexity index is 1200. The van der Waals surface area contributed by atoms with Crippen molar-refractivity contribution in [3.63, 3.8) is 0 Å². The maximum atomic E-state index is 12.9. The number of fused-ring (bicyclic) bond motifs is 2. The van der Waals surface area contributed by atoms with Crippen molar-refractivity contribution in [2.45, 2.75) is 12.6 Å². The Hall–Kier alpha value is -3.07. The number of hydrogen-bond donors (Lipinski definition) is 3. The molecule has 0 bridgehead atoms. The molecule has 5 nitrogen and oxygen atoms in total. The number of hydrogen-bond acceptors (Lipinski definition) is 4. The third-order valence-electron chi connectivity index (χ3n) is 4.66. The average Bonchev–Trinajstić information content (AvgIpc) is 3.28. The number of thiophene rings is 1. The first-order chi connectivity index (χ1) is 13.9. The first-order valence-corrected chi connectivity index (χ1v) is 9.72. The number of halogens is 3. The molecule has 0 radical (unpaired) electrons. The maximum absolute atomic E-state index is 12.9. The second-order valence-corrected chi connectivity index (χ2v) is 7.47. The van der Waals surface area contributed by atoms with Gasteiger partial charge in [0.05, 0.1) is 5.69 Å². The number of aromatic amines is 1. The zero-order valence-corrected chi connectivity index (χ0v) is 16.2. The summed E-state index contributed by atoms with van der Waals surface area (Å²) in [6, 6.07) is 10.2. The van der Waals surface area contributed by atoms with E-state index in [-0.39, 0.29) is 10.7 Å². The standard InChI is InChI=1S/C20H17F3N4OS/c1-24-16-13-6-7-15(20(21,22)23)27-19(13)29-17(16)18(28)25-9-8-11-10-26-14-5-3-2-4-12(11)14/h2-7,10,24,26H,8-9H2,1H3,(H,25,28). The van der Waals surface area contributed by atoms with E-state index in [1.54, 1.807) is 7.05 Å². The van der Waals surface area contributed by atoms with E-state index >= 15 is 0 Å². The molecule has 0 spiro atoms. The molecular formula is C20H17F3N4OS. The number of rotatable bonds is 5. The highest BCUT2D eigenvalue weighted by molar-refractivity contribution is 7.21. The molecule has 3 heterocycles. The van der Waals surface area contributed by atoms with Gasteiger partial charge in [-0.3, -0.25) is 4.79 Å². The number of H-pyrrole nitrogens is 1. The van der Waals surface area contributed by atoms with Crippen LogP contribution in [0.15, 0.2) is 42.6 Å². The molecule has 29 heavy (non-hydrogen) atoms. The van der Waals surface area contributed by atoms with Crippen molar-refractivity contribution in [2.24, 2.45) is 0 Å². The number of aromatic nitrogens is 2. The third kappa shape index (κ3) is 3.65. The second kappa shape index (κ2) is 7.40. The molecule has 0 unspecified atom stereocenters. The Morgan fingerprint density at radius 1 is 1.17 bits per heavy atom. The van der Waals surface area contributed by atoms with Gasteiger partial charge in [0.25, 0.3) is 5.91 Å². The first-order valence-electron chi connectivity index (χ1n) is 8.90. The molecule has 0 fully saturated rings. The normalized spacial score (nSPS) is 11.9. The Morgan fingerprint density at radius 2 is 1.97 bits per heavy atom. The molecule has 150 valence electrons. The summed E-state index contributed by atoms with van der Waals surface area (Å²) in [5.74, 6) is -0.342. The third-order valence-corrected chi connectivity index (χ3v) is 5.76. The van der Waals surface area contributed by atoms with Crippen LogP contribution in [-0.2, 0) is 12.6 Å². The van der Waals surface area contributed by atoms with Crippen molar-refractivity contribution in [1.29, 1.82) is 0 Å². The number of amides is 1. The van der Waals surface area contributed by atoms with Crippen molar-refractivity contribution >= 4 is 44.1 Å². The quantitative estimate of drug-likeness (QED) is 0.436. The van der Waals surface area contributed by atoms with Gasteiger partial charge in [0.15, 0.2) is 0 Å². The summed E-state index contributed by atoms with van der Waals surface area (Å²) in [4.78, 5) is 20.0. The number of alkyl halides is 3. The van der Waals surface area contributed by atoms with Gasteiger partial charge in [-0.25, -0.2) is 4.98 Å². The monoisotopic (exact) mass is 418 g/mol. The largest absolute Gasteiger partial charge is 0.433 e. The Kier molecular flexibility index (Phi) is 4.91. The Morgan fingerprint density at radius 3 is 2.72 bits per heavy atom. The molecule has 1 amide bonds. The van der Waals surface area contributed by atoms with Gasteiger partial charge in [0.1, 0.15) is 15.4 Å². The van der Waals surface area contributed by atoms with Crippen LogP contribution in [-0.4, -0.2) is 29.5 Å². The van der Waals surface area contributed by atoms with Gasteiger partial charge in [0.2, 0.25) is 0 Å². The summed E-state index contributed by atoms with van der Waals surface area (Å²) in [6.07, 6.45) is -1.98. The topological polar surface area (TPSA) is 69.8 Å². The van der Waals surface area contributed by atoms with Crippen LogP contribution < -0.4 is 10.6 Å². The number of nitrogens with one attached hydrogen (secondary N) is 3. The zero-order chi connectivity index (χ0) is 20.6. The molecule has 3 aromatic heterocycles. The Balaban J connectivity index is 1.53. The lowest BCUT2D eigenvalue weighted by atomic mass is 10.1. The molecule has 1 aromatic carbocycles. The summed E-state index contributed by atoms with van der Waals surface area (Å²) < 4.78 is 38.8. The lowest BCUT2D eigenvalue weighted by molar-refractivity contribution is -0.140. The smallest absolute Gasteiger partial charge is 0.386 e. The minimum Gasteiger partial charge on any atom is -0.386 e. The van der Waals surface area contributed by atoms with E-state index in [4.69, 9.17) is 0 Å². The summed E-state index contributed by atoms with van der Waals surface area (Å²) in [7, 11) is 1.63. The number of carbonyl (C=O) groups is 1. The van der Waals surface area contributed by atoms with E-state index in [1.807, 2.05) is 30.5 Å². The molecule has 0 atom stereocenters. The number of para-hydroxylation sites is 1. The molecule has 0 saturated heterocycles. The molecule has 0 saturated carbocycles. The molecule has 4 rings (SSSR count). The molecule has 4 aromatic rings. The van der Waals surface area contributed by atoms with Gasteiger partial charge in [-0.1, -0.05) is 18.2 Å². The molecule has 0 aliphatic carbocycles. The van der Waals surface area contributed by atoms with E-state index in [9.17, 15) is 18.0 Å². The number of benzene rings is 1. The highest BCUT2D eigenvalue weighted by Crippen LogP contribution is 2.37. The van der Waals surface area contributed by atoms with Crippen molar-refractivity contribution in [3.8, 4) is 0 Å². The molecule has 3 N–H and O–H groups in total. The van der Waals surface area contributed by atoms with Crippen LogP contribution in [0.3, 0.4) is 0 Å². The fraction of sp³-hybridized carbons (Fsp3) is 0.200. The van der Waals surface area contributed by atoms with Crippen LogP contribution in [0.5, 0.6) is 0 Å². The van der Waals surface area contributed by atoms with Gasteiger partial charge < -0.3 is 15.6 Å². The van der Waals surface area contributed by atoms with E-state index < -0.39 is 11.9 Å². The van der Waals surface area contributed by atoms with Gasteiger partial charge in [-0.15, -0.1) is 11.3 Å². The van der Waals surface area contributed by atoms with Gasteiger partial charge in [-0.2, -0.15) is 13.2 Å². The minimum atomic E-state index is -4.53. The van der Waals surface area contributed by atoms with Crippen molar-refractivity contribution in [1.82, 2.24) is 15.3 Å². The highest BCUT2D eigenvalue weighted by Gasteiger charge is 2.33. The fourth-order valence-electron chi connectivity index (χ4n) is 3.27. The summed E-state index contributed by atoms with van der Waals surface area (Å²) >= 11 is 0.946. The van der Waals surface area contributed by atoms with Crippen molar-refractivity contribution < 1.29 is 18.0 Å². The predicted octanol–water partition coefficient (Wildman–Crippen LogP) is 4.81. The summed E-state index contributed by atoms with van der Waals surface area (Å²) in [6.45, 7) is 0.402. The van der Waals surface area contributed by atoms with Crippen LogP contribution in [0.25, 0.3) is 21.1 Å². The van der Waals surface area contributed by atoms with Crippen LogP contribution in [0.4, 0.5) is 18.9 Å². The van der Waals surface area contributed by atoms with Gasteiger partial charge >= 0.3 is 6.18 Å². The van der Waals surface area contributed by atoms with Crippen LogP contribution >= 0.6 is 11.3 Å². The molecular weight excluding hydrogens is 401 g/mol. The number of nitrogens with zero attached hydrogens (tertiary/aromatic N) is 1. The van der Waals surface area contributed by atoms with Gasteiger partial charge in [0, 0.05) is 36.1 Å². The van der Waals surface area contributed by atoms with Crippen LogP contribution in [0, 0.1) is 0 Å². The lowest BCUT2D eigenvalue weighted by Crippen LogP contribution is -2.25. The fourth-order valence-corrected chi connectivity index (χ4v) is 4.37. The highest BCUT2D eigenvalue weighted by atomic mass is 32.1. The van der Waals surface area contributed by atoms with Gasteiger partial charge in [-0.05, 0) is 30.2 Å². The van der Waals surface area contributed by atoms with E-state index in [0.29, 0.717) is 28.9 Å². The van der Waals surface area contributed by atoms with Crippen molar-refractivity contribution in [3.05, 3.63) is 58.7 Å². The van der Waals surface area contributed by atoms with Crippen LogP contribution in [0.1, 0.15) is 20.9 Å². The van der Waals surface area contributed by atoms with E-state index in [0.717, 1.165) is 33.9 Å². The maximum Gasteiger partial charge on any atom is 0.433 e. The summed E-state index contributed by atoms with van der Waals surface area (Å²) in [5.41, 5.74) is 1.63. The molecule has 0 aliphatic heterocycles. The minimum absolute atomic E-state index is 0.172. The SMILES string of the molecule is CNc1c(C(=O)NCCc2c[nH]c3ccccc23)sc2nc(C(F)(F)F)ccc12. The number of anilines is 1. The summed E-state index contributed by atoms with van der Waals surface area (Å²) in [5, 5.41) is 7.35. The van der Waals surface area contributed by atoms with E-state index in [1.165, 1.54) is 6.07 Å². The zero-order valence-electron chi connectivity index (χ0n) is 15.4. The van der Waals surface area contributed by atoms with Crippen molar-refractivity contribution in [2.75, 3.05) is 18.9 Å². The molecule has 0 aliphatic rings. The Labute approximate surface area is 168 Å². The lowest BCUT2D eigenvalue weighted by Gasteiger charge is -2.06. The average molecular weight is 418 g/mol. The van der Waals surface area contributed by atoms with Crippen LogP contribution in [0.2, 0.25) is 0 Å². The number of carbonyl (C=O) groups excluding carboxylic acids is 1. The first kappa shape index (κ1) is 19.3. The number of pyridine rings is 1.